The van der Waals surface area contributed by atoms with Crippen molar-refractivity contribution in [2.45, 2.75) is 25.0 Å². The van der Waals surface area contributed by atoms with Crippen molar-refractivity contribution in [3.05, 3.63) is 0 Å². The zero-order chi connectivity index (χ0) is 12.8. The fourth-order valence-corrected chi connectivity index (χ4v) is 1.48. The van der Waals surface area contributed by atoms with Gasteiger partial charge < -0.3 is 25.7 Å². The second kappa shape index (κ2) is 6.95. The number of hydrogen-bond acceptors (Lipinski definition) is 5. The van der Waals surface area contributed by atoms with Gasteiger partial charge in [-0.1, -0.05) is 0 Å². The van der Waals surface area contributed by atoms with Gasteiger partial charge in [-0.25, -0.2) is 0 Å². The molecular formula is C7H17N2O6P. The van der Waals surface area contributed by atoms with Gasteiger partial charge in [0.25, 0.3) is 0 Å². The maximum absolute atomic E-state index is 10.7. The summed E-state index contributed by atoms with van der Waals surface area (Å²) in [4.78, 5) is 27.8. The normalized spacial score (nSPS) is 15.8. The maximum Gasteiger partial charge on any atom is 0.339 e. The van der Waals surface area contributed by atoms with Gasteiger partial charge in [0.2, 0.25) is 0 Å². The topological polar surface area (TPSA) is 153 Å². The Morgan fingerprint density at radius 1 is 1.38 bits per heavy atom. The molecule has 0 saturated heterocycles. The van der Waals surface area contributed by atoms with Crippen LogP contribution in [0.25, 0.3) is 0 Å². The minimum atomic E-state index is -4.28. The molecule has 0 aliphatic rings. The van der Waals surface area contributed by atoms with E-state index in [1.165, 1.54) is 0 Å². The molecule has 0 amide bonds. The molecule has 0 saturated carbocycles. The van der Waals surface area contributed by atoms with Crippen LogP contribution in [0.4, 0.5) is 0 Å². The summed E-state index contributed by atoms with van der Waals surface area (Å²) >= 11 is 0. The Morgan fingerprint density at radius 2 is 1.94 bits per heavy atom. The summed E-state index contributed by atoms with van der Waals surface area (Å²) in [5, 5.41) is 20.1. The number of aliphatic carboxylic acids is 1. The highest BCUT2D eigenvalue weighted by Gasteiger charge is 2.22. The monoisotopic (exact) mass is 256 g/mol. The molecule has 0 heterocycles. The first-order valence-corrected chi connectivity index (χ1v) is 6.45. The van der Waals surface area contributed by atoms with Gasteiger partial charge in [0.15, 0.2) is 0 Å². The van der Waals surface area contributed by atoms with Gasteiger partial charge >= 0.3 is 13.6 Å². The lowest BCUT2D eigenvalue weighted by Gasteiger charge is -2.16. The van der Waals surface area contributed by atoms with Crippen LogP contribution in [0, 0.1) is 0 Å². The first-order chi connectivity index (χ1) is 7.26. The zero-order valence-electron chi connectivity index (χ0n) is 8.61. The minimum absolute atomic E-state index is 0.0187. The van der Waals surface area contributed by atoms with Crippen molar-refractivity contribution in [1.29, 1.82) is 0 Å². The molecule has 2 atom stereocenters. The number of rotatable bonds is 8. The molecular weight excluding hydrogens is 239 g/mol. The number of nitrogens with one attached hydrogen (secondary N) is 1. The number of aliphatic hydroxyl groups excluding tert-OH is 1. The van der Waals surface area contributed by atoms with E-state index in [-0.39, 0.29) is 19.4 Å². The Bertz CT molecular complexity index is 268. The SMILES string of the molecule is NC[C@H](O)CC[C@H](NCP(=O)(O)O)C(=O)O. The molecule has 0 radical (unpaired) electrons. The van der Waals surface area contributed by atoms with Crippen molar-refractivity contribution < 1.29 is 29.4 Å². The Morgan fingerprint density at radius 3 is 2.31 bits per heavy atom. The number of carboxylic acids is 1. The largest absolute Gasteiger partial charge is 0.480 e. The highest BCUT2D eigenvalue weighted by atomic mass is 31.2. The molecule has 7 N–H and O–H groups in total. The third kappa shape index (κ3) is 7.75. The summed E-state index contributed by atoms with van der Waals surface area (Å²) < 4.78 is 10.5. The standard InChI is InChI=1S/C7H17N2O6P/c8-3-5(10)1-2-6(7(11)12)9-4-16(13,14)15/h5-6,9-10H,1-4,8H2,(H,11,12)(H2,13,14,15)/t5-,6+/m1/s1. The Balaban J connectivity index is 4.09. The fourth-order valence-electron chi connectivity index (χ4n) is 1.02. The van der Waals surface area contributed by atoms with E-state index in [0.29, 0.717) is 0 Å². The van der Waals surface area contributed by atoms with E-state index in [9.17, 15) is 9.36 Å². The number of carbonyl (C=O) groups is 1. The predicted molar refractivity (Wildman–Crippen MR) is 55.8 cm³/mol. The van der Waals surface area contributed by atoms with Crippen LogP contribution >= 0.6 is 7.60 Å². The summed E-state index contributed by atoms with van der Waals surface area (Å²) in [5.41, 5.74) is 5.14. The fraction of sp³-hybridized carbons (Fsp3) is 0.857. The van der Waals surface area contributed by atoms with E-state index in [0.717, 1.165) is 0 Å². The number of carboxylic acid groups (broad SMARTS) is 1. The van der Waals surface area contributed by atoms with Crippen molar-refractivity contribution >= 4 is 13.6 Å². The molecule has 9 heteroatoms. The first-order valence-electron chi connectivity index (χ1n) is 4.65. The summed E-state index contributed by atoms with van der Waals surface area (Å²) in [6.07, 6.45) is -1.31. The van der Waals surface area contributed by atoms with Gasteiger partial charge in [0.1, 0.15) is 6.04 Å². The second-order valence-corrected chi connectivity index (χ2v) is 5.03. The summed E-state index contributed by atoms with van der Waals surface area (Å²) in [6.45, 7) is 0.0187. The van der Waals surface area contributed by atoms with Crippen molar-refractivity contribution in [3.8, 4) is 0 Å². The summed E-state index contributed by atoms with van der Waals surface area (Å²) in [7, 11) is -4.28. The molecule has 0 unspecified atom stereocenters. The molecule has 0 spiro atoms. The quantitative estimate of drug-likeness (QED) is 0.280. The van der Waals surface area contributed by atoms with Gasteiger partial charge in [-0.05, 0) is 12.8 Å². The van der Waals surface area contributed by atoms with Crippen molar-refractivity contribution in [2.75, 3.05) is 12.8 Å². The molecule has 0 aromatic carbocycles. The van der Waals surface area contributed by atoms with E-state index in [4.69, 9.17) is 25.7 Å². The second-order valence-electron chi connectivity index (χ2n) is 3.38. The van der Waals surface area contributed by atoms with Gasteiger partial charge in [-0.3, -0.25) is 14.7 Å². The minimum Gasteiger partial charge on any atom is -0.480 e. The van der Waals surface area contributed by atoms with E-state index >= 15 is 0 Å². The van der Waals surface area contributed by atoms with Crippen LogP contribution in [-0.2, 0) is 9.36 Å². The predicted octanol–water partition coefficient (Wildman–Crippen LogP) is -1.74. The molecule has 0 rings (SSSR count). The third-order valence-corrected chi connectivity index (χ3v) is 2.50. The van der Waals surface area contributed by atoms with Crippen molar-refractivity contribution in [3.63, 3.8) is 0 Å². The molecule has 0 fully saturated rings. The highest BCUT2D eigenvalue weighted by Crippen LogP contribution is 2.32. The lowest BCUT2D eigenvalue weighted by Crippen LogP contribution is -2.38. The molecule has 0 aromatic heterocycles. The molecule has 0 aromatic rings. The van der Waals surface area contributed by atoms with Crippen LogP contribution in [0.2, 0.25) is 0 Å². The molecule has 8 nitrogen and oxygen atoms in total. The van der Waals surface area contributed by atoms with Gasteiger partial charge in [-0.2, -0.15) is 0 Å². The highest BCUT2D eigenvalue weighted by molar-refractivity contribution is 7.51. The smallest absolute Gasteiger partial charge is 0.339 e. The third-order valence-electron chi connectivity index (χ3n) is 1.90. The summed E-state index contributed by atoms with van der Waals surface area (Å²) in [5.74, 6) is -1.22. The molecule has 96 valence electrons. The number of nitrogens with two attached hydrogens (primary N) is 1. The molecule has 16 heavy (non-hydrogen) atoms. The lowest BCUT2D eigenvalue weighted by molar-refractivity contribution is -0.139. The zero-order valence-corrected chi connectivity index (χ0v) is 9.51. The average Bonchev–Trinajstić information content (AvgIpc) is 2.14. The van der Waals surface area contributed by atoms with E-state index < -0.39 is 32.0 Å². The molecule has 0 aliphatic carbocycles. The number of aliphatic hydroxyl groups is 1. The van der Waals surface area contributed by atoms with Crippen LogP contribution in [0.3, 0.4) is 0 Å². The summed E-state index contributed by atoms with van der Waals surface area (Å²) in [6, 6.07) is -1.10. The lowest BCUT2D eigenvalue weighted by atomic mass is 10.1. The van der Waals surface area contributed by atoms with Crippen LogP contribution in [-0.4, -0.2) is 50.9 Å². The van der Waals surface area contributed by atoms with Gasteiger partial charge in [0.05, 0.1) is 12.4 Å². The first kappa shape index (κ1) is 15.5. The van der Waals surface area contributed by atoms with Crippen molar-refractivity contribution in [1.82, 2.24) is 5.32 Å². The van der Waals surface area contributed by atoms with Crippen molar-refractivity contribution in [2.24, 2.45) is 5.73 Å². The Hall–Kier alpha value is -0.500. The molecule has 0 aliphatic heterocycles. The van der Waals surface area contributed by atoms with Gasteiger partial charge in [-0.15, -0.1) is 0 Å². The molecule has 0 bridgehead atoms. The maximum atomic E-state index is 10.7. The van der Waals surface area contributed by atoms with Crippen LogP contribution in [0.15, 0.2) is 0 Å². The van der Waals surface area contributed by atoms with Gasteiger partial charge in [0, 0.05) is 6.54 Å². The Labute approximate surface area is 92.6 Å². The van der Waals surface area contributed by atoms with Crippen LogP contribution in [0.5, 0.6) is 0 Å². The van der Waals surface area contributed by atoms with E-state index in [1.807, 2.05) is 0 Å². The number of hydrogen-bond donors (Lipinski definition) is 6. The Kier molecular flexibility index (Phi) is 6.73. The van der Waals surface area contributed by atoms with E-state index in [1.54, 1.807) is 0 Å². The van der Waals surface area contributed by atoms with Crippen LogP contribution < -0.4 is 11.1 Å². The van der Waals surface area contributed by atoms with E-state index in [2.05, 4.69) is 5.32 Å². The van der Waals surface area contributed by atoms with Crippen LogP contribution in [0.1, 0.15) is 12.8 Å². The average molecular weight is 256 g/mol.